The maximum absolute atomic E-state index is 12.0. The van der Waals surface area contributed by atoms with E-state index in [1.807, 2.05) is 12.1 Å². The lowest BCUT2D eigenvalue weighted by atomic mass is 10.1. The normalized spacial score (nSPS) is 15.8. The predicted molar refractivity (Wildman–Crippen MR) is 76.1 cm³/mol. The first-order valence-corrected chi connectivity index (χ1v) is 7.29. The average Bonchev–Trinajstić information content (AvgIpc) is 2.91. The minimum atomic E-state index is 0.182. The number of halogens is 1. The van der Waals surface area contributed by atoms with Crippen molar-refractivity contribution in [2.24, 2.45) is 5.92 Å². The summed E-state index contributed by atoms with van der Waals surface area (Å²) in [6, 6.07) is 8.09. The highest BCUT2D eigenvalue weighted by Crippen LogP contribution is 2.26. The molecular weight excluding hydrogens is 246 g/mol. The highest BCUT2D eigenvalue weighted by molar-refractivity contribution is 6.17. The Balaban J connectivity index is 1.93. The monoisotopic (exact) mass is 265 g/mol. The third-order valence-electron chi connectivity index (χ3n) is 3.52. The SMILES string of the molecule is O=C(Nc1cccc(CCCCl)c1)C1CCCC1. The van der Waals surface area contributed by atoms with E-state index in [9.17, 15) is 4.79 Å². The first-order chi connectivity index (χ1) is 8.79. The molecular formula is C15H20ClNO. The summed E-state index contributed by atoms with van der Waals surface area (Å²) in [6.45, 7) is 0. The highest BCUT2D eigenvalue weighted by Gasteiger charge is 2.22. The first kappa shape index (κ1) is 13.4. The molecule has 0 aromatic heterocycles. The van der Waals surface area contributed by atoms with Crippen molar-refractivity contribution in [3.8, 4) is 0 Å². The zero-order valence-corrected chi connectivity index (χ0v) is 11.4. The molecule has 0 aliphatic heterocycles. The number of hydrogen-bond donors (Lipinski definition) is 1. The van der Waals surface area contributed by atoms with Crippen molar-refractivity contribution in [3.05, 3.63) is 29.8 Å². The van der Waals surface area contributed by atoms with Crippen molar-refractivity contribution >= 4 is 23.2 Å². The maximum atomic E-state index is 12.0. The van der Waals surface area contributed by atoms with Crippen LogP contribution in [0.15, 0.2) is 24.3 Å². The fraction of sp³-hybridized carbons (Fsp3) is 0.533. The lowest BCUT2D eigenvalue weighted by Gasteiger charge is -2.11. The van der Waals surface area contributed by atoms with Gasteiger partial charge in [-0.05, 0) is 43.4 Å². The van der Waals surface area contributed by atoms with Crippen molar-refractivity contribution in [2.75, 3.05) is 11.2 Å². The van der Waals surface area contributed by atoms with Gasteiger partial charge < -0.3 is 5.32 Å². The van der Waals surface area contributed by atoms with Gasteiger partial charge in [0, 0.05) is 17.5 Å². The van der Waals surface area contributed by atoms with Crippen LogP contribution in [0.1, 0.15) is 37.7 Å². The van der Waals surface area contributed by atoms with Crippen molar-refractivity contribution in [2.45, 2.75) is 38.5 Å². The average molecular weight is 266 g/mol. The molecule has 0 radical (unpaired) electrons. The standard InChI is InChI=1S/C15H20ClNO/c16-10-4-6-12-5-3-9-14(11-12)17-15(18)13-7-1-2-8-13/h3,5,9,11,13H,1-2,4,6-8,10H2,(H,17,18). The molecule has 0 spiro atoms. The Hall–Kier alpha value is -1.02. The summed E-state index contributed by atoms with van der Waals surface area (Å²) in [7, 11) is 0. The molecule has 1 aromatic rings. The lowest BCUT2D eigenvalue weighted by molar-refractivity contribution is -0.119. The van der Waals surface area contributed by atoms with Crippen LogP contribution in [0.2, 0.25) is 0 Å². The van der Waals surface area contributed by atoms with Crippen molar-refractivity contribution in [1.82, 2.24) is 0 Å². The van der Waals surface area contributed by atoms with Crippen LogP contribution in [-0.4, -0.2) is 11.8 Å². The largest absolute Gasteiger partial charge is 0.326 e. The molecule has 3 heteroatoms. The molecule has 1 fully saturated rings. The number of anilines is 1. The topological polar surface area (TPSA) is 29.1 Å². The Morgan fingerprint density at radius 3 is 2.83 bits per heavy atom. The molecule has 1 amide bonds. The van der Waals surface area contributed by atoms with Gasteiger partial charge in [0.25, 0.3) is 0 Å². The van der Waals surface area contributed by atoms with Crippen molar-refractivity contribution < 1.29 is 4.79 Å². The van der Waals surface area contributed by atoms with E-state index in [-0.39, 0.29) is 11.8 Å². The first-order valence-electron chi connectivity index (χ1n) is 6.75. The van der Waals surface area contributed by atoms with E-state index in [0.29, 0.717) is 5.88 Å². The molecule has 1 aliphatic carbocycles. The Morgan fingerprint density at radius 2 is 2.11 bits per heavy atom. The third-order valence-corrected chi connectivity index (χ3v) is 3.79. The Kier molecular flexibility index (Phi) is 5.06. The smallest absolute Gasteiger partial charge is 0.227 e. The van der Waals surface area contributed by atoms with Gasteiger partial charge in [0.2, 0.25) is 5.91 Å². The third kappa shape index (κ3) is 3.74. The molecule has 1 saturated carbocycles. The van der Waals surface area contributed by atoms with Crippen molar-refractivity contribution in [3.63, 3.8) is 0 Å². The highest BCUT2D eigenvalue weighted by atomic mass is 35.5. The van der Waals surface area contributed by atoms with Crippen LogP contribution in [-0.2, 0) is 11.2 Å². The minimum absolute atomic E-state index is 0.182. The Bertz CT molecular complexity index is 399. The van der Waals surface area contributed by atoms with Crippen LogP contribution < -0.4 is 5.32 Å². The van der Waals surface area contributed by atoms with Gasteiger partial charge in [-0.2, -0.15) is 0 Å². The molecule has 0 unspecified atom stereocenters. The molecule has 2 rings (SSSR count). The molecule has 0 atom stereocenters. The van der Waals surface area contributed by atoms with E-state index < -0.39 is 0 Å². The van der Waals surface area contributed by atoms with Gasteiger partial charge in [-0.15, -0.1) is 11.6 Å². The molecule has 1 aliphatic rings. The van der Waals surface area contributed by atoms with E-state index in [1.54, 1.807) is 0 Å². The number of benzene rings is 1. The van der Waals surface area contributed by atoms with Crippen LogP contribution in [0.25, 0.3) is 0 Å². The second-order valence-corrected chi connectivity index (χ2v) is 5.34. The summed E-state index contributed by atoms with van der Waals surface area (Å²) in [5.41, 5.74) is 2.15. The number of carbonyl (C=O) groups excluding carboxylic acids is 1. The van der Waals surface area contributed by atoms with Gasteiger partial charge in [0.15, 0.2) is 0 Å². The van der Waals surface area contributed by atoms with Crippen LogP contribution >= 0.6 is 11.6 Å². The molecule has 0 heterocycles. The number of hydrogen-bond acceptors (Lipinski definition) is 1. The molecule has 0 bridgehead atoms. The lowest BCUT2D eigenvalue weighted by Crippen LogP contribution is -2.20. The second-order valence-electron chi connectivity index (χ2n) is 4.96. The van der Waals surface area contributed by atoms with Crippen LogP contribution in [0.4, 0.5) is 5.69 Å². The van der Waals surface area contributed by atoms with Crippen LogP contribution in [0.5, 0.6) is 0 Å². The van der Waals surface area contributed by atoms with E-state index in [2.05, 4.69) is 17.4 Å². The minimum Gasteiger partial charge on any atom is -0.326 e. The van der Waals surface area contributed by atoms with Gasteiger partial charge in [-0.3, -0.25) is 4.79 Å². The number of alkyl halides is 1. The van der Waals surface area contributed by atoms with Crippen LogP contribution in [0.3, 0.4) is 0 Å². The van der Waals surface area contributed by atoms with Crippen LogP contribution in [0, 0.1) is 5.92 Å². The fourth-order valence-corrected chi connectivity index (χ4v) is 2.64. The van der Waals surface area contributed by atoms with E-state index >= 15 is 0 Å². The Morgan fingerprint density at radius 1 is 1.33 bits per heavy atom. The molecule has 2 nitrogen and oxygen atoms in total. The second kappa shape index (κ2) is 6.79. The number of nitrogens with one attached hydrogen (secondary N) is 1. The quantitative estimate of drug-likeness (QED) is 0.802. The fourth-order valence-electron chi connectivity index (χ4n) is 2.51. The van der Waals surface area contributed by atoms with Gasteiger partial charge in [-0.1, -0.05) is 25.0 Å². The summed E-state index contributed by atoms with van der Waals surface area (Å²) in [5.74, 6) is 1.08. The molecule has 18 heavy (non-hydrogen) atoms. The molecule has 1 N–H and O–H groups in total. The number of amides is 1. The van der Waals surface area contributed by atoms with Gasteiger partial charge in [0.05, 0.1) is 0 Å². The van der Waals surface area contributed by atoms with Crippen molar-refractivity contribution in [1.29, 1.82) is 0 Å². The zero-order chi connectivity index (χ0) is 12.8. The number of aryl methyl sites for hydroxylation is 1. The molecule has 0 saturated heterocycles. The maximum Gasteiger partial charge on any atom is 0.227 e. The van der Waals surface area contributed by atoms with E-state index in [1.165, 1.54) is 18.4 Å². The van der Waals surface area contributed by atoms with E-state index in [0.717, 1.165) is 31.4 Å². The number of rotatable bonds is 5. The van der Waals surface area contributed by atoms with Gasteiger partial charge >= 0.3 is 0 Å². The Labute approximate surface area is 114 Å². The summed E-state index contributed by atoms with van der Waals surface area (Å²) in [6.07, 6.45) is 6.40. The summed E-state index contributed by atoms with van der Waals surface area (Å²) < 4.78 is 0. The molecule has 1 aromatic carbocycles. The van der Waals surface area contributed by atoms with Gasteiger partial charge in [0.1, 0.15) is 0 Å². The molecule has 98 valence electrons. The summed E-state index contributed by atoms with van der Waals surface area (Å²) >= 11 is 5.69. The number of carbonyl (C=O) groups is 1. The summed E-state index contributed by atoms with van der Waals surface area (Å²) in [4.78, 5) is 12.0. The predicted octanol–water partition coefficient (Wildman–Crippen LogP) is 3.99. The summed E-state index contributed by atoms with van der Waals surface area (Å²) in [5, 5.41) is 3.03. The van der Waals surface area contributed by atoms with Gasteiger partial charge in [-0.25, -0.2) is 0 Å². The zero-order valence-electron chi connectivity index (χ0n) is 10.6. The van der Waals surface area contributed by atoms with E-state index in [4.69, 9.17) is 11.6 Å².